The number of piperidine rings is 2. The van der Waals surface area contributed by atoms with E-state index in [1.807, 2.05) is 51.2 Å². The lowest BCUT2D eigenvalue weighted by atomic mass is 9.74. The first-order valence-corrected chi connectivity index (χ1v) is 16.5. The van der Waals surface area contributed by atoms with Gasteiger partial charge in [0.05, 0.1) is 42.4 Å². The van der Waals surface area contributed by atoms with Gasteiger partial charge in [-0.15, -0.1) is 0 Å². The molecule has 6 heterocycles. The smallest absolute Gasteiger partial charge is 0.254 e. The first-order valence-electron chi connectivity index (χ1n) is 16.5. The molecule has 4 aromatic heterocycles. The van der Waals surface area contributed by atoms with Crippen molar-refractivity contribution in [2.24, 2.45) is 23.0 Å². The lowest BCUT2D eigenvalue weighted by Gasteiger charge is -2.50. The fraction of sp³-hybridized carbons (Fsp3) is 0.543. The minimum atomic E-state index is -0.561. The van der Waals surface area contributed by atoms with E-state index in [0.29, 0.717) is 42.4 Å². The van der Waals surface area contributed by atoms with Crippen molar-refractivity contribution in [3.8, 4) is 17.3 Å². The van der Waals surface area contributed by atoms with E-state index in [0.717, 1.165) is 40.4 Å². The second-order valence-electron chi connectivity index (χ2n) is 14.7. The third-order valence-corrected chi connectivity index (χ3v) is 10.2. The zero-order valence-electron chi connectivity index (χ0n) is 27.6. The molecule has 2 aliphatic heterocycles. The molecule has 2 saturated carbocycles. The molecule has 0 spiro atoms. The number of aromatic nitrogens is 4. The Balaban J connectivity index is 1.28. The highest BCUT2D eigenvalue weighted by Gasteiger charge is 2.46. The number of aliphatic hydroxyl groups excluding tert-OH is 1. The third kappa shape index (κ3) is 5.23. The number of ether oxygens (including phenoxy) is 1. The molecule has 4 fully saturated rings. The first kappa shape index (κ1) is 30.7. The van der Waals surface area contributed by atoms with Crippen molar-refractivity contribution in [3.05, 3.63) is 47.3 Å². The van der Waals surface area contributed by atoms with Crippen molar-refractivity contribution >= 4 is 28.5 Å². The van der Waals surface area contributed by atoms with Gasteiger partial charge in [0.2, 0.25) is 5.91 Å². The van der Waals surface area contributed by atoms with Crippen LogP contribution in [0, 0.1) is 24.2 Å². The maximum absolute atomic E-state index is 13.9. The molecule has 46 heavy (non-hydrogen) atoms. The summed E-state index contributed by atoms with van der Waals surface area (Å²) in [6, 6.07) is 9.25. The summed E-state index contributed by atoms with van der Waals surface area (Å²) in [7, 11) is 1.60. The van der Waals surface area contributed by atoms with Gasteiger partial charge in [0.25, 0.3) is 5.91 Å². The minimum Gasteiger partial charge on any atom is -0.482 e. The van der Waals surface area contributed by atoms with E-state index in [2.05, 4.69) is 22.0 Å². The number of carbonyl (C=O) groups is 2. The monoisotopic (exact) mass is 627 g/mol. The van der Waals surface area contributed by atoms with Gasteiger partial charge in [0.15, 0.2) is 5.88 Å². The molecule has 4 aromatic rings. The van der Waals surface area contributed by atoms with Gasteiger partial charge >= 0.3 is 0 Å². The van der Waals surface area contributed by atoms with Crippen molar-refractivity contribution in [2.75, 3.05) is 13.7 Å². The fourth-order valence-electron chi connectivity index (χ4n) is 7.21. The van der Waals surface area contributed by atoms with Crippen molar-refractivity contribution in [1.29, 1.82) is 0 Å². The number of fused-ring (bicyclic) bond motifs is 5. The Bertz CT molecular complexity index is 1850. The lowest BCUT2D eigenvalue weighted by molar-refractivity contribution is -0.129. The standard InChI is InChI=1S/C35H45N7O4/c1-18(37-34(45)35(3,4)5)25-10-9-21-11-27(40(32(21)38-25)16-20-7-8-20)31-19(2)42-29(39-31)13-22(14-30(42)46-6)33(44)41-17-23-12-28(43)26(41)15-24(23)36/h9-11,13-14,18,20,23-24,26,28,43H,7-8,12,15-17,36H2,1-6H3,(H,37,45)/t18-,23?,24?,26?,28?/m1/s1. The van der Waals surface area contributed by atoms with E-state index in [1.54, 1.807) is 18.1 Å². The molecule has 2 amide bonds. The summed E-state index contributed by atoms with van der Waals surface area (Å²) >= 11 is 0. The van der Waals surface area contributed by atoms with E-state index in [1.165, 1.54) is 12.8 Å². The van der Waals surface area contributed by atoms with E-state index in [4.69, 9.17) is 20.4 Å². The zero-order chi connectivity index (χ0) is 32.7. The summed E-state index contributed by atoms with van der Waals surface area (Å²) in [6.45, 7) is 11.1. The number of amides is 2. The largest absolute Gasteiger partial charge is 0.482 e. The molecular weight excluding hydrogens is 582 g/mol. The molecule has 2 bridgehead atoms. The van der Waals surface area contributed by atoms with Crippen molar-refractivity contribution in [3.63, 3.8) is 0 Å². The number of nitrogens with zero attached hydrogens (tertiary/aromatic N) is 5. The molecule has 4 aliphatic rings. The molecule has 2 aliphatic carbocycles. The molecule has 0 radical (unpaired) electrons. The van der Waals surface area contributed by atoms with Gasteiger partial charge in [-0.05, 0) is 75.6 Å². The topological polar surface area (TPSA) is 140 Å². The van der Waals surface area contributed by atoms with Gasteiger partial charge in [0, 0.05) is 41.6 Å². The fourth-order valence-corrected chi connectivity index (χ4v) is 7.21. The van der Waals surface area contributed by atoms with Crippen LogP contribution in [-0.4, -0.2) is 72.6 Å². The van der Waals surface area contributed by atoms with E-state index in [9.17, 15) is 14.7 Å². The van der Waals surface area contributed by atoms with Crippen LogP contribution >= 0.6 is 0 Å². The quantitative estimate of drug-likeness (QED) is 0.279. The summed E-state index contributed by atoms with van der Waals surface area (Å²) in [5.41, 5.74) is 11.2. The Morgan fingerprint density at radius 1 is 1.15 bits per heavy atom. The lowest BCUT2D eigenvalue weighted by Crippen LogP contribution is -2.63. The zero-order valence-corrected chi connectivity index (χ0v) is 27.6. The molecule has 4 N–H and O–H groups in total. The summed E-state index contributed by atoms with van der Waals surface area (Å²) in [4.78, 5) is 38.5. The molecule has 244 valence electrons. The number of nitrogens with one attached hydrogen (secondary N) is 1. The molecule has 8 rings (SSSR count). The molecule has 2 saturated heterocycles. The molecule has 5 atom stereocenters. The van der Waals surface area contributed by atoms with E-state index in [-0.39, 0.29) is 35.9 Å². The average molecular weight is 628 g/mol. The second kappa shape index (κ2) is 11.1. The van der Waals surface area contributed by atoms with Crippen LogP contribution in [0.5, 0.6) is 5.88 Å². The Hall–Kier alpha value is -3.96. The molecule has 11 heteroatoms. The number of hydrogen-bond donors (Lipinski definition) is 3. The summed E-state index contributed by atoms with van der Waals surface area (Å²) in [5.74, 6) is 1.03. The Labute approximate surface area is 269 Å². The number of nitrogens with two attached hydrogens (primary N) is 1. The van der Waals surface area contributed by atoms with Crippen LogP contribution in [0.4, 0.5) is 0 Å². The van der Waals surface area contributed by atoms with Crippen molar-refractivity contribution in [1.82, 2.24) is 29.2 Å². The summed E-state index contributed by atoms with van der Waals surface area (Å²) < 4.78 is 10.0. The highest BCUT2D eigenvalue weighted by Crippen LogP contribution is 2.39. The summed E-state index contributed by atoms with van der Waals surface area (Å²) in [6.07, 6.45) is 3.04. The van der Waals surface area contributed by atoms with Crippen molar-refractivity contribution in [2.45, 2.75) is 91.1 Å². The normalized spacial score (nSPS) is 23.7. The predicted octanol–water partition coefficient (Wildman–Crippen LogP) is 4.22. The molecule has 4 unspecified atom stereocenters. The average Bonchev–Trinajstić information content (AvgIpc) is 3.69. The Morgan fingerprint density at radius 3 is 2.59 bits per heavy atom. The van der Waals surface area contributed by atoms with Crippen LogP contribution in [0.15, 0.2) is 30.3 Å². The van der Waals surface area contributed by atoms with Crippen LogP contribution < -0.4 is 15.8 Å². The third-order valence-electron chi connectivity index (χ3n) is 10.2. The van der Waals surface area contributed by atoms with Crippen LogP contribution in [0.2, 0.25) is 0 Å². The predicted molar refractivity (Wildman–Crippen MR) is 175 cm³/mol. The molecular formula is C35H45N7O4. The number of aliphatic hydroxyl groups is 1. The Morgan fingerprint density at radius 2 is 1.91 bits per heavy atom. The number of imidazole rings is 1. The number of rotatable bonds is 7. The van der Waals surface area contributed by atoms with Crippen LogP contribution in [0.25, 0.3) is 28.1 Å². The highest BCUT2D eigenvalue weighted by molar-refractivity contribution is 5.96. The number of hydrogen-bond acceptors (Lipinski definition) is 7. The molecule has 11 nitrogen and oxygen atoms in total. The molecule has 0 aromatic carbocycles. The van der Waals surface area contributed by atoms with Gasteiger partial charge in [-0.25, -0.2) is 9.97 Å². The SMILES string of the molecule is COc1cc(C(=O)N2CC3CC(O)C2CC3N)cc2nc(-c3cc4ccc([C@@H](C)NC(=O)C(C)(C)C)nc4n3CC3CC3)c(C)n12. The van der Waals surface area contributed by atoms with Gasteiger partial charge in [-0.3, -0.25) is 14.0 Å². The second-order valence-corrected chi connectivity index (χ2v) is 14.7. The summed E-state index contributed by atoms with van der Waals surface area (Å²) in [5, 5.41) is 14.8. The highest BCUT2D eigenvalue weighted by atomic mass is 16.5. The number of pyridine rings is 2. The minimum absolute atomic E-state index is 0.00499. The maximum Gasteiger partial charge on any atom is 0.254 e. The van der Waals surface area contributed by atoms with Gasteiger partial charge in [-0.2, -0.15) is 0 Å². The van der Waals surface area contributed by atoms with Crippen LogP contribution in [0.3, 0.4) is 0 Å². The number of aryl methyl sites for hydroxylation is 1. The van der Waals surface area contributed by atoms with E-state index >= 15 is 0 Å². The van der Waals surface area contributed by atoms with Gasteiger partial charge < -0.3 is 30.4 Å². The number of carbonyl (C=O) groups excluding carboxylic acids is 2. The van der Waals surface area contributed by atoms with Crippen molar-refractivity contribution < 1.29 is 19.4 Å². The van der Waals surface area contributed by atoms with Gasteiger partial charge in [0.1, 0.15) is 17.0 Å². The van der Waals surface area contributed by atoms with Crippen LogP contribution in [0.1, 0.15) is 81.2 Å². The first-order chi connectivity index (χ1) is 21.8. The van der Waals surface area contributed by atoms with Crippen LogP contribution in [-0.2, 0) is 11.3 Å². The maximum atomic E-state index is 13.9. The Kier molecular flexibility index (Phi) is 7.39. The number of methoxy groups -OCH3 is 1. The van der Waals surface area contributed by atoms with E-state index < -0.39 is 11.5 Å². The van der Waals surface area contributed by atoms with Gasteiger partial charge in [-0.1, -0.05) is 20.8 Å².